The first-order chi connectivity index (χ1) is 6.74. The van der Waals surface area contributed by atoms with Crippen LogP contribution in [-0.2, 0) is 0 Å². The van der Waals surface area contributed by atoms with Gasteiger partial charge in [-0.2, -0.15) is 16.7 Å². The van der Waals surface area contributed by atoms with Crippen LogP contribution < -0.4 is 10.2 Å². The molecular weight excluding hydrogens is 196 g/mol. The monoisotopic (exact) mass is 212 g/mol. The minimum atomic E-state index is 0.735. The molecule has 0 radical (unpaired) electrons. The summed E-state index contributed by atoms with van der Waals surface area (Å²) in [7, 11) is 3.86. The zero-order chi connectivity index (χ0) is 10.4. The summed E-state index contributed by atoms with van der Waals surface area (Å²) < 4.78 is 0. The highest BCUT2D eigenvalue weighted by atomic mass is 32.2. The molecule has 14 heavy (non-hydrogen) atoms. The molecule has 0 aliphatic rings. The Balaban J connectivity index is 2.55. The number of anilines is 2. The highest BCUT2D eigenvalue weighted by Gasteiger charge is 1.99. The van der Waals surface area contributed by atoms with E-state index < -0.39 is 0 Å². The number of aromatic nitrogens is 2. The number of nitrogens with one attached hydrogen (secondary N) is 1. The highest BCUT2D eigenvalue weighted by Crippen LogP contribution is 2.07. The maximum atomic E-state index is 4.34. The van der Waals surface area contributed by atoms with Gasteiger partial charge in [-0.05, 0) is 12.3 Å². The van der Waals surface area contributed by atoms with Crippen LogP contribution in [0, 0.1) is 0 Å². The molecule has 1 N–H and O–H groups in total. The van der Waals surface area contributed by atoms with Gasteiger partial charge in [-0.1, -0.05) is 0 Å². The van der Waals surface area contributed by atoms with Gasteiger partial charge in [-0.15, -0.1) is 0 Å². The molecule has 0 bridgehead atoms. The van der Waals surface area contributed by atoms with Crippen LogP contribution in [0.25, 0.3) is 0 Å². The molecule has 1 aromatic rings. The van der Waals surface area contributed by atoms with Gasteiger partial charge in [0.2, 0.25) is 5.95 Å². The van der Waals surface area contributed by atoms with Crippen molar-refractivity contribution in [2.75, 3.05) is 42.9 Å². The summed E-state index contributed by atoms with van der Waals surface area (Å²) in [5, 5.41) is 3.24. The van der Waals surface area contributed by atoms with Gasteiger partial charge in [0.15, 0.2) is 0 Å². The molecule has 0 saturated heterocycles. The second-order valence-electron chi connectivity index (χ2n) is 3.06. The number of hydrogen-bond acceptors (Lipinski definition) is 5. The molecule has 0 fully saturated rings. The molecule has 1 aromatic heterocycles. The molecule has 0 saturated carbocycles. The standard InChI is InChI=1S/C9H16N4S/c1-13(2)9-11-5-4-8(12-9)10-6-7-14-3/h4-5H,6-7H2,1-3H3,(H,10,11,12). The molecule has 5 heteroatoms. The van der Waals surface area contributed by atoms with E-state index in [1.54, 1.807) is 6.20 Å². The summed E-state index contributed by atoms with van der Waals surface area (Å²) in [5.41, 5.74) is 0. The third kappa shape index (κ3) is 3.41. The Morgan fingerprint density at radius 1 is 1.50 bits per heavy atom. The van der Waals surface area contributed by atoms with E-state index in [-0.39, 0.29) is 0 Å². The summed E-state index contributed by atoms with van der Waals surface area (Å²) >= 11 is 1.82. The molecule has 1 heterocycles. The Bertz CT molecular complexity index is 277. The lowest BCUT2D eigenvalue weighted by Crippen LogP contribution is -2.14. The van der Waals surface area contributed by atoms with E-state index in [1.807, 2.05) is 36.8 Å². The van der Waals surface area contributed by atoms with Gasteiger partial charge in [0.1, 0.15) is 5.82 Å². The van der Waals surface area contributed by atoms with E-state index in [4.69, 9.17) is 0 Å². The first-order valence-electron chi connectivity index (χ1n) is 4.47. The summed E-state index contributed by atoms with van der Waals surface area (Å²) in [6.07, 6.45) is 3.86. The second-order valence-corrected chi connectivity index (χ2v) is 4.04. The quantitative estimate of drug-likeness (QED) is 0.745. The Labute approximate surface area is 89.1 Å². The number of hydrogen-bond donors (Lipinski definition) is 1. The topological polar surface area (TPSA) is 41.1 Å². The molecule has 1 rings (SSSR count). The molecule has 0 unspecified atom stereocenters. The SMILES string of the molecule is CSCCNc1ccnc(N(C)C)n1. The Hall–Kier alpha value is -0.970. The van der Waals surface area contributed by atoms with Crippen molar-refractivity contribution in [2.24, 2.45) is 0 Å². The van der Waals surface area contributed by atoms with Crippen molar-refractivity contribution in [1.29, 1.82) is 0 Å². The average Bonchev–Trinajstić information content (AvgIpc) is 2.19. The molecule has 0 amide bonds. The molecule has 0 atom stereocenters. The normalized spacial score (nSPS) is 9.93. The third-order valence-corrected chi connectivity index (χ3v) is 2.27. The molecular formula is C9H16N4S. The van der Waals surface area contributed by atoms with Crippen LogP contribution >= 0.6 is 11.8 Å². The van der Waals surface area contributed by atoms with E-state index in [0.717, 1.165) is 24.1 Å². The Kier molecular flexibility index (Phi) is 4.52. The lowest BCUT2D eigenvalue weighted by atomic mass is 10.5. The summed E-state index contributed by atoms with van der Waals surface area (Å²) in [5.74, 6) is 2.71. The maximum absolute atomic E-state index is 4.34. The zero-order valence-electron chi connectivity index (χ0n) is 8.82. The van der Waals surface area contributed by atoms with Crippen molar-refractivity contribution in [3.05, 3.63) is 12.3 Å². The van der Waals surface area contributed by atoms with Gasteiger partial charge in [-0.3, -0.25) is 0 Å². The van der Waals surface area contributed by atoms with Gasteiger partial charge in [-0.25, -0.2) is 4.98 Å². The third-order valence-electron chi connectivity index (χ3n) is 1.66. The number of thioether (sulfide) groups is 1. The predicted octanol–water partition coefficient (Wildman–Crippen LogP) is 1.32. The molecule has 78 valence electrons. The smallest absolute Gasteiger partial charge is 0.226 e. The van der Waals surface area contributed by atoms with E-state index in [1.165, 1.54) is 0 Å². The Morgan fingerprint density at radius 2 is 2.29 bits per heavy atom. The van der Waals surface area contributed by atoms with Gasteiger partial charge >= 0.3 is 0 Å². The molecule has 0 spiro atoms. The Morgan fingerprint density at radius 3 is 2.93 bits per heavy atom. The van der Waals surface area contributed by atoms with E-state index in [2.05, 4.69) is 21.5 Å². The summed E-state index contributed by atoms with van der Waals surface area (Å²) in [4.78, 5) is 10.4. The van der Waals surface area contributed by atoms with E-state index >= 15 is 0 Å². The van der Waals surface area contributed by atoms with Crippen molar-refractivity contribution >= 4 is 23.5 Å². The van der Waals surface area contributed by atoms with Crippen molar-refractivity contribution in [3.63, 3.8) is 0 Å². The summed E-state index contributed by atoms with van der Waals surface area (Å²) in [6, 6.07) is 1.88. The van der Waals surface area contributed by atoms with Gasteiger partial charge in [0, 0.05) is 32.6 Å². The largest absolute Gasteiger partial charge is 0.369 e. The molecule has 0 aliphatic heterocycles. The van der Waals surface area contributed by atoms with Crippen LogP contribution in [0.2, 0.25) is 0 Å². The van der Waals surface area contributed by atoms with Gasteiger partial charge in [0.05, 0.1) is 0 Å². The van der Waals surface area contributed by atoms with E-state index in [9.17, 15) is 0 Å². The lowest BCUT2D eigenvalue weighted by Gasteiger charge is -2.11. The summed E-state index contributed by atoms with van der Waals surface area (Å²) in [6.45, 7) is 0.936. The number of rotatable bonds is 5. The predicted molar refractivity (Wildman–Crippen MR) is 63.2 cm³/mol. The first kappa shape index (κ1) is 11.1. The second kappa shape index (κ2) is 5.70. The molecule has 0 aliphatic carbocycles. The van der Waals surface area contributed by atoms with Crippen molar-refractivity contribution in [1.82, 2.24) is 9.97 Å². The van der Waals surface area contributed by atoms with Crippen LogP contribution in [-0.4, -0.2) is 42.6 Å². The van der Waals surface area contributed by atoms with Crippen molar-refractivity contribution < 1.29 is 0 Å². The average molecular weight is 212 g/mol. The molecule has 0 aromatic carbocycles. The van der Waals surface area contributed by atoms with Crippen LogP contribution in [0.4, 0.5) is 11.8 Å². The fourth-order valence-corrected chi connectivity index (χ4v) is 1.25. The van der Waals surface area contributed by atoms with Gasteiger partial charge in [0.25, 0.3) is 0 Å². The fourth-order valence-electron chi connectivity index (χ4n) is 0.943. The zero-order valence-corrected chi connectivity index (χ0v) is 9.64. The minimum Gasteiger partial charge on any atom is -0.369 e. The molecule has 4 nitrogen and oxygen atoms in total. The van der Waals surface area contributed by atoms with Crippen LogP contribution in [0.5, 0.6) is 0 Å². The minimum absolute atomic E-state index is 0.735. The fraction of sp³-hybridized carbons (Fsp3) is 0.556. The van der Waals surface area contributed by atoms with E-state index in [0.29, 0.717) is 0 Å². The lowest BCUT2D eigenvalue weighted by molar-refractivity contribution is 0.993. The van der Waals surface area contributed by atoms with Crippen molar-refractivity contribution in [3.8, 4) is 0 Å². The van der Waals surface area contributed by atoms with Crippen LogP contribution in [0.3, 0.4) is 0 Å². The van der Waals surface area contributed by atoms with Gasteiger partial charge < -0.3 is 10.2 Å². The van der Waals surface area contributed by atoms with Crippen LogP contribution in [0.1, 0.15) is 0 Å². The maximum Gasteiger partial charge on any atom is 0.226 e. The number of nitrogens with zero attached hydrogens (tertiary/aromatic N) is 3. The van der Waals surface area contributed by atoms with Crippen molar-refractivity contribution in [2.45, 2.75) is 0 Å². The first-order valence-corrected chi connectivity index (χ1v) is 5.86. The van der Waals surface area contributed by atoms with Crippen LogP contribution in [0.15, 0.2) is 12.3 Å². The highest BCUT2D eigenvalue weighted by molar-refractivity contribution is 7.98.